The highest BCUT2D eigenvalue weighted by Gasteiger charge is 1.82. The summed E-state index contributed by atoms with van der Waals surface area (Å²) in [5.41, 5.74) is 0. The van der Waals surface area contributed by atoms with Crippen molar-refractivity contribution in [1.82, 2.24) is 5.32 Å². The van der Waals surface area contributed by atoms with Gasteiger partial charge in [-0.25, -0.2) is 4.99 Å². The van der Waals surface area contributed by atoms with Crippen molar-refractivity contribution in [1.29, 1.82) is 0 Å². The summed E-state index contributed by atoms with van der Waals surface area (Å²) in [5.74, 6) is 2.74. The van der Waals surface area contributed by atoms with E-state index in [1.165, 1.54) is 0 Å². The van der Waals surface area contributed by atoms with Crippen LogP contribution >= 0.6 is 0 Å². The molecular weight excluding hydrogens is 88.1 g/mol. The van der Waals surface area contributed by atoms with Crippen molar-refractivity contribution in [3.8, 4) is 0 Å². The average Bonchev–Trinajstić information content (AvgIpc) is 1.90. The van der Waals surface area contributed by atoms with Gasteiger partial charge in [-0.1, -0.05) is 0 Å². The summed E-state index contributed by atoms with van der Waals surface area (Å²) >= 11 is 0. The fourth-order valence-corrected chi connectivity index (χ4v) is 0.488. The zero-order valence-electron chi connectivity index (χ0n) is 4.15. The monoisotopic (exact) mass is 96.1 g/mol. The molecule has 0 aromatic carbocycles. The first-order valence-corrected chi connectivity index (χ1v) is 2.47. The molecule has 0 amide bonds. The molecular formula is C5H8N2. The van der Waals surface area contributed by atoms with E-state index in [2.05, 4.69) is 16.2 Å². The van der Waals surface area contributed by atoms with Gasteiger partial charge in [-0.15, -0.1) is 0 Å². The average molecular weight is 96.1 g/mol. The van der Waals surface area contributed by atoms with Crippen LogP contribution < -0.4 is 5.32 Å². The zero-order valence-corrected chi connectivity index (χ0v) is 4.15. The van der Waals surface area contributed by atoms with Gasteiger partial charge in [0.05, 0.1) is 12.7 Å². The Hall–Kier alpha value is -0.750. The Labute approximate surface area is 42.9 Å². The van der Waals surface area contributed by atoms with Gasteiger partial charge >= 0.3 is 0 Å². The van der Waals surface area contributed by atoms with Gasteiger partial charge in [-0.2, -0.15) is 0 Å². The molecule has 7 heavy (non-hydrogen) atoms. The molecule has 0 saturated heterocycles. The standard InChI is InChI=1S/C5H8N2/c1-2-6-4-5-7-3-1/h4,6H,1-3H2. The predicted molar refractivity (Wildman–Crippen MR) is 29.5 cm³/mol. The Morgan fingerprint density at radius 1 is 1.71 bits per heavy atom. The van der Waals surface area contributed by atoms with Gasteiger partial charge < -0.3 is 5.32 Å². The number of aliphatic imine (C=N–C) groups is 1. The lowest BCUT2D eigenvalue weighted by molar-refractivity contribution is 0.778. The lowest BCUT2D eigenvalue weighted by Gasteiger charge is -1.89. The van der Waals surface area contributed by atoms with Crippen molar-refractivity contribution in [3.05, 3.63) is 6.20 Å². The molecule has 0 aromatic rings. The molecule has 0 atom stereocenters. The fourth-order valence-electron chi connectivity index (χ4n) is 0.488. The molecule has 0 aliphatic carbocycles. The minimum absolute atomic E-state index is 0.920. The van der Waals surface area contributed by atoms with E-state index in [0.717, 1.165) is 19.5 Å². The van der Waals surface area contributed by atoms with Crippen molar-refractivity contribution in [2.45, 2.75) is 6.42 Å². The summed E-state index contributed by atoms with van der Waals surface area (Å²) in [6, 6.07) is 0. The third-order valence-electron chi connectivity index (χ3n) is 0.849. The van der Waals surface area contributed by atoms with Crippen molar-refractivity contribution < 1.29 is 0 Å². The van der Waals surface area contributed by atoms with E-state index in [4.69, 9.17) is 0 Å². The summed E-state index contributed by atoms with van der Waals surface area (Å²) in [7, 11) is 0. The van der Waals surface area contributed by atoms with Crippen molar-refractivity contribution >= 4 is 5.87 Å². The second-order valence-corrected chi connectivity index (χ2v) is 1.46. The van der Waals surface area contributed by atoms with Crippen LogP contribution in [-0.2, 0) is 0 Å². The van der Waals surface area contributed by atoms with Crippen LogP contribution in [0.2, 0.25) is 0 Å². The van der Waals surface area contributed by atoms with Crippen molar-refractivity contribution in [2.24, 2.45) is 4.99 Å². The van der Waals surface area contributed by atoms with Crippen LogP contribution in [0.25, 0.3) is 0 Å². The summed E-state index contributed by atoms with van der Waals surface area (Å²) in [5, 5.41) is 3.02. The molecule has 1 N–H and O–H groups in total. The Morgan fingerprint density at radius 3 is 3.71 bits per heavy atom. The van der Waals surface area contributed by atoms with Gasteiger partial charge in [0.1, 0.15) is 0 Å². The van der Waals surface area contributed by atoms with Crippen LogP contribution in [0.5, 0.6) is 0 Å². The molecule has 2 nitrogen and oxygen atoms in total. The maximum atomic E-state index is 3.90. The molecule has 1 heterocycles. The minimum Gasteiger partial charge on any atom is -0.383 e. The first-order chi connectivity index (χ1) is 3.50. The van der Waals surface area contributed by atoms with Gasteiger partial charge in [-0.3, -0.25) is 0 Å². The summed E-state index contributed by atoms with van der Waals surface area (Å²) in [4.78, 5) is 3.90. The van der Waals surface area contributed by atoms with E-state index in [1.54, 1.807) is 6.20 Å². The van der Waals surface area contributed by atoms with Gasteiger partial charge in [0.2, 0.25) is 0 Å². The molecule has 38 valence electrons. The highest BCUT2D eigenvalue weighted by atomic mass is 14.9. The number of hydrogen-bond donors (Lipinski definition) is 1. The third-order valence-corrected chi connectivity index (χ3v) is 0.849. The van der Waals surface area contributed by atoms with Crippen LogP contribution in [0.1, 0.15) is 6.42 Å². The van der Waals surface area contributed by atoms with E-state index >= 15 is 0 Å². The van der Waals surface area contributed by atoms with E-state index in [1.807, 2.05) is 0 Å². The molecule has 0 saturated carbocycles. The Morgan fingerprint density at radius 2 is 2.71 bits per heavy atom. The van der Waals surface area contributed by atoms with E-state index in [-0.39, 0.29) is 0 Å². The first kappa shape index (κ1) is 4.41. The Kier molecular flexibility index (Phi) is 1.53. The van der Waals surface area contributed by atoms with Crippen LogP contribution in [0.3, 0.4) is 0 Å². The van der Waals surface area contributed by atoms with Gasteiger partial charge in [0.15, 0.2) is 0 Å². The largest absolute Gasteiger partial charge is 0.383 e. The predicted octanol–water partition coefficient (Wildman–Crippen LogP) is 0.163. The summed E-state index contributed by atoms with van der Waals surface area (Å²) in [6.45, 7) is 1.96. The third kappa shape index (κ3) is 1.42. The molecule has 0 fully saturated rings. The maximum Gasteiger partial charge on any atom is 0.0591 e. The topological polar surface area (TPSA) is 24.4 Å². The first-order valence-electron chi connectivity index (χ1n) is 2.47. The smallest absolute Gasteiger partial charge is 0.0591 e. The van der Waals surface area contributed by atoms with Gasteiger partial charge in [0.25, 0.3) is 0 Å². The molecule has 2 heteroatoms. The molecule has 1 rings (SSSR count). The van der Waals surface area contributed by atoms with Crippen molar-refractivity contribution in [2.75, 3.05) is 13.1 Å². The van der Waals surface area contributed by atoms with E-state index in [0.29, 0.717) is 0 Å². The molecule has 0 unspecified atom stereocenters. The fraction of sp³-hybridized carbons (Fsp3) is 0.600. The molecule has 1 aliphatic heterocycles. The number of nitrogens with one attached hydrogen (secondary N) is 1. The molecule has 0 bridgehead atoms. The van der Waals surface area contributed by atoms with Crippen LogP contribution in [0, 0.1) is 0 Å². The van der Waals surface area contributed by atoms with Crippen LogP contribution in [-0.4, -0.2) is 19.0 Å². The number of nitrogens with zero attached hydrogens (tertiary/aromatic N) is 1. The van der Waals surface area contributed by atoms with E-state index < -0.39 is 0 Å². The molecule has 0 radical (unpaired) electrons. The van der Waals surface area contributed by atoms with Crippen molar-refractivity contribution in [3.63, 3.8) is 0 Å². The summed E-state index contributed by atoms with van der Waals surface area (Å²) < 4.78 is 0. The zero-order chi connectivity index (χ0) is 4.95. The highest BCUT2D eigenvalue weighted by Crippen LogP contribution is 1.78. The van der Waals surface area contributed by atoms with E-state index in [9.17, 15) is 0 Å². The number of rotatable bonds is 0. The van der Waals surface area contributed by atoms with Gasteiger partial charge in [0, 0.05) is 6.54 Å². The Bertz CT molecular complexity index is 90.6. The second kappa shape index (κ2) is 2.43. The van der Waals surface area contributed by atoms with Crippen LogP contribution in [0.4, 0.5) is 0 Å². The van der Waals surface area contributed by atoms with Crippen LogP contribution in [0.15, 0.2) is 11.2 Å². The van der Waals surface area contributed by atoms with Gasteiger partial charge in [-0.05, 0) is 12.3 Å². The minimum atomic E-state index is 0.920. The Balaban J connectivity index is 2.40. The molecule has 0 aromatic heterocycles. The quantitative estimate of drug-likeness (QED) is 0.456. The highest BCUT2D eigenvalue weighted by molar-refractivity contribution is 5.50. The number of hydrogen-bond acceptors (Lipinski definition) is 2. The molecule has 0 spiro atoms. The summed E-state index contributed by atoms with van der Waals surface area (Å²) in [6.07, 6.45) is 2.89. The normalized spacial score (nSPS) is 18.3. The lowest BCUT2D eigenvalue weighted by atomic mass is 10.4. The second-order valence-electron chi connectivity index (χ2n) is 1.46. The SMILES string of the molecule is C1=CNCCCN=1. The lowest BCUT2D eigenvalue weighted by Crippen LogP contribution is -2.05. The maximum absolute atomic E-state index is 3.90. The molecule has 1 aliphatic rings.